The molecule has 5 heteroatoms. The second kappa shape index (κ2) is 7.20. The summed E-state index contributed by atoms with van der Waals surface area (Å²) in [4.78, 5) is 15.6. The minimum absolute atomic E-state index is 0.0571. The fourth-order valence-corrected chi connectivity index (χ4v) is 3.97. The second-order valence-corrected chi connectivity index (χ2v) is 7.20. The molecule has 0 spiro atoms. The van der Waals surface area contributed by atoms with E-state index in [0.29, 0.717) is 13.1 Å². The topological polar surface area (TPSA) is 32.3 Å². The van der Waals surface area contributed by atoms with Crippen LogP contribution in [0.3, 0.4) is 0 Å². The summed E-state index contributed by atoms with van der Waals surface area (Å²) in [5, 5.41) is 3.00. The van der Waals surface area contributed by atoms with Crippen LogP contribution in [-0.4, -0.2) is 24.7 Å². The Balaban J connectivity index is 1.59. The molecule has 1 N–H and O–H groups in total. The summed E-state index contributed by atoms with van der Waals surface area (Å²) in [7, 11) is 0. The number of para-hydroxylation sites is 1. The molecule has 0 bridgehead atoms. The monoisotopic (exact) mass is 376 g/mol. The molecule has 0 aliphatic carbocycles. The van der Waals surface area contributed by atoms with E-state index in [2.05, 4.69) is 38.3 Å². The van der Waals surface area contributed by atoms with Crippen molar-refractivity contribution in [2.24, 2.45) is 0 Å². The molecule has 0 aromatic heterocycles. The van der Waals surface area contributed by atoms with Gasteiger partial charge in [-0.1, -0.05) is 40.2 Å². The van der Waals surface area contributed by atoms with Gasteiger partial charge >= 0.3 is 0 Å². The first-order valence-corrected chi connectivity index (χ1v) is 8.98. The summed E-state index contributed by atoms with van der Waals surface area (Å²) < 4.78 is 1.03. The van der Waals surface area contributed by atoms with Crippen molar-refractivity contribution in [2.75, 3.05) is 23.7 Å². The summed E-state index contributed by atoms with van der Waals surface area (Å²) in [5.41, 5.74) is 2.26. The molecule has 0 saturated heterocycles. The van der Waals surface area contributed by atoms with Gasteiger partial charge in [-0.05, 0) is 29.8 Å². The number of thioether (sulfide) groups is 1. The molecule has 114 valence electrons. The number of nitrogens with zero attached hydrogens (tertiary/aromatic N) is 1. The van der Waals surface area contributed by atoms with Gasteiger partial charge in [0.2, 0.25) is 5.91 Å². The number of carbonyl (C=O) groups is 1. The number of amides is 1. The third-order valence-electron chi connectivity index (χ3n) is 3.54. The minimum Gasteiger partial charge on any atom is -0.360 e. The first-order valence-electron chi connectivity index (χ1n) is 7.20. The first-order chi connectivity index (χ1) is 10.7. The Morgan fingerprint density at radius 1 is 1.23 bits per heavy atom. The van der Waals surface area contributed by atoms with Crippen LogP contribution in [0.25, 0.3) is 0 Å². The predicted octanol–water partition coefficient (Wildman–Crippen LogP) is 3.68. The maximum atomic E-state index is 12.2. The van der Waals surface area contributed by atoms with E-state index >= 15 is 0 Å². The van der Waals surface area contributed by atoms with Gasteiger partial charge in [0.05, 0.1) is 12.2 Å². The Kier molecular flexibility index (Phi) is 5.05. The molecule has 0 unspecified atom stereocenters. The van der Waals surface area contributed by atoms with Crippen LogP contribution in [0.2, 0.25) is 0 Å². The Labute approximate surface area is 143 Å². The fourth-order valence-electron chi connectivity index (χ4n) is 2.47. The highest BCUT2D eigenvalue weighted by atomic mass is 79.9. The van der Waals surface area contributed by atoms with Crippen LogP contribution in [0.15, 0.2) is 57.9 Å². The number of anilines is 1. The van der Waals surface area contributed by atoms with Gasteiger partial charge in [0.25, 0.3) is 0 Å². The van der Waals surface area contributed by atoms with E-state index in [9.17, 15) is 4.79 Å². The van der Waals surface area contributed by atoms with Crippen LogP contribution in [0.5, 0.6) is 0 Å². The zero-order valence-electron chi connectivity index (χ0n) is 12.1. The molecule has 0 saturated carbocycles. The molecule has 3 rings (SSSR count). The van der Waals surface area contributed by atoms with Crippen molar-refractivity contribution in [2.45, 2.75) is 11.4 Å². The molecule has 22 heavy (non-hydrogen) atoms. The van der Waals surface area contributed by atoms with Crippen LogP contribution in [0.4, 0.5) is 5.69 Å². The van der Waals surface area contributed by atoms with Crippen LogP contribution in [-0.2, 0) is 11.3 Å². The number of halogens is 1. The number of hydrogen-bond donors (Lipinski definition) is 1. The third-order valence-corrected chi connectivity index (χ3v) is 5.07. The van der Waals surface area contributed by atoms with E-state index < -0.39 is 0 Å². The lowest BCUT2D eigenvalue weighted by Gasteiger charge is -2.30. The van der Waals surface area contributed by atoms with Gasteiger partial charge < -0.3 is 10.2 Å². The molecular formula is C17H17BrN2OS. The van der Waals surface area contributed by atoms with Gasteiger partial charge in [-0.2, -0.15) is 0 Å². The van der Waals surface area contributed by atoms with Crippen molar-refractivity contribution in [3.05, 3.63) is 58.6 Å². The number of benzene rings is 2. The van der Waals surface area contributed by atoms with Gasteiger partial charge in [-0.3, -0.25) is 4.79 Å². The van der Waals surface area contributed by atoms with Gasteiger partial charge in [0.1, 0.15) is 0 Å². The standard InChI is InChI=1S/C17H17BrN2OS/c18-14-5-3-4-13(10-14)11-19-17(21)12-20-8-9-22-16-7-2-1-6-15(16)20/h1-7,10H,8-9,11-12H2,(H,19,21). The molecule has 3 nitrogen and oxygen atoms in total. The predicted molar refractivity (Wildman–Crippen MR) is 95.4 cm³/mol. The van der Waals surface area contributed by atoms with Crippen molar-refractivity contribution in [3.63, 3.8) is 0 Å². The fraction of sp³-hybridized carbons (Fsp3) is 0.235. The molecule has 1 amide bonds. The molecule has 2 aromatic rings. The quantitative estimate of drug-likeness (QED) is 0.883. The maximum absolute atomic E-state index is 12.2. The highest BCUT2D eigenvalue weighted by Crippen LogP contribution is 2.33. The lowest BCUT2D eigenvalue weighted by atomic mass is 10.2. The Hall–Kier alpha value is -1.46. The zero-order chi connectivity index (χ0) is 15.4. The van der Waals surface area contributed by atoms with E-state index in [1.54, 1.807) is 0 Å². The molecule has 2 aromatic carbocycles. The van der Waals surface area contributed by atoms with Crippen LogP contribution < -0.4 is 10.2 Å². The summed E-state index contributed by atoms with van der Waals surface area (Å²) in [6.45, 7) is 1.88. The Morgan fingerprint density at radius 3 is 2.95 bits per heavy atom. The van der Waals surface area contributed by atoms with E-state index in [-0.39, 0.29) is 5.91 Å². The molecule has 0 radical (unpaired) electrons. The van der Waals surface area contributed by atoms with E-state index in [1.807, 2.05) is 48.2 Å². The van der Waals surface area contributed by atoms with Crippen LogP contribution in [0.1, 0.15) is 5.56 Å². The maximum Gasteiger partial charge on any atom is 0.239 e. The number of fused-ring (bicyclic) bond motifs is 1. The number of rotatable bonds is 4. The highest BCUT2D eigenvalue weighted by Gasteiger charge is 2.18. The minimum atomic E-state index is 0.0571. The SMILES string of the molecule is O=C(CN1CCSc2ccccc21)NCc1cccc(Br)c1. The second-order valence-electron chi connectivity index (χ2n) is 5.14. The van der Waals surface area contributed by atoms with Gasteiger partial charge in [-0.15, -0.1) is 11.8 Å². The van der Waals surface area contributed by atoms with Crippen molar-refractivity contribution in [1.82, 2.24) is 5.32 Å². The third kappa shape index (κ3) is 3.84. The van der Waals surface area contributed by atoms with Gasteiger partial charge in [-0.25, -0.2) is 0 Å². The molecule has 1 heterocycles. The molecular weight excluding hydrogens is 360 g/mol. The van der Waals surface area contributed by atoms with Crippen molar-refractivity contribution >= 4 is 39.3 Å². The largest absolute Gasteiger partial charge is 0.360 e. The van der Waals surface area contributed by atoms with E-state index in [4.69, 9.17) is 0 Å². The van der Waals surface area contributed by atoms with Crippen molar-refractivity contribution < 1.29 is 4.79 Å². The molecule has 0 fully saturated rings. The summed E-state index contributed by atoms with van der Waals surface area (Å²) >= 11 is 5.30. The zero-order valence-corrected chi connectivity index (χ0v) is 14.5. The Morgan fingerprint density at radius 2 is 2.09 bits per heavy atom. The van der Waals surface area contributed by atoms with Crippen LogP contribution in [0, 0.1) is 0 Å². The lowest BCUT2D eigenvalue weighted by molar-refractivity contribution is -0.119. The number of nitrogens with one attached hydrogen (secondary N) is 1. The average molecular weight is 377 g/mol. The lowest BCUT2D eigenvalue weighted by Crippen LogP contribution is -2.39. The van der Waals surface area contributed by atoms with Crippen molar-refractivity contribution in [3.8, 4) is 0 Å². The summed E-state index contributed by atoms with van der Waals surface area (Å²) in [6.07, 6.45) is 0. The molecule has 1 aliphatic rings. The number of carbonyl (C=O) groups excluding carboxylic acids is 1. The summed E-state index contributed by atoms with van der Waals surface area (Å²) in [5.74, 6) is 1.08. The van der Waals surface area contributed by atoms with E-state index in [0.717, 1.165) is 28.0 Å². The summed E-state index contributed by atoms with van der Waals surface area (Å²) in [6, 6.07) is 16.3. The van der Waals surface area contributed by atoms with Gasteiger partial charge in [0, 0.05) is 28.2 Å². The molecule has 0 atom stereocenters. The molecule has 1 aliphatic heterocycles. The van der Waals surface area contributed by atoms with Gasteiger partial charge in [0.15, 0.2) is 0 Å². The highest BCUT2D eigenvalue weighted by molar-refractivity contribution is 9.10. The van der Waals surface area contributed by atoms with E-state index in [1.165, 1.54) is 4.90 Å². The van der Waals surface area contributed by atoms with Crippen molar-refractivity contribution in [1.29, 1.82) is 0 Å². The normalized spacial score (nSPS) is 13.6. The van der Waals surface area contributed by atoms with Crippen LogP contribution >= 0.6 is 27.7 Å². The smallest absolute Gasteiger partial charge is 0.239 e. The average Bonchev–Trinajstić information content (AvgIpc) is 2.53. The first kappa shape index (κ1) is 15.4. The number of hydrogen-bond acceptors (Lipinski definition) is 3. The Bertz CT molecular complexity index is 677.